The van der Waals surface area contributed by atoms with Crippen LogP contribution >= 0.6 is 0 Å². The Hall–Kier alpha value is -1.40. The number of nitrogen functional groups attached to an aromatic ring is 1. The largest absolute Gasteiger partial charge is 0.377 e. The Morgan fingerprint density at radius 1 is 1.33 bits per heavy atom. The SMILES string of the molecule is CCc1cnc(N)nc1N1CCN(C[C@H]2CCCO2)CC1. The molecule has 3 heterocycles. The summed E-state index contributed by atoms with van der Waals surface area (Å²) in [5.74, 6) is 1.38. The summed E-state index contributed by atoms with van der Waals surface area (Å²) in [6.07, 6.45) is 5.66. The zero-order valence-electron chi connectivity index (χ0n) is 12.8. The van der Waals surface area contributed by atoms with Gasteiger partial charge in [-0.2, -0.15) is 4.98 Å². The average Bonchev–Trinajstić information content (AvgIpc) is 3.01. The van der Waals surface area contributed by atoms with E-state index in [4.69, 9.17) is 10.5 Å². The summed E-state index contributed by atoms with van der Waals surface area (Å²) in [6.45, 7) is 8.25. The van der Waals surface area contributed by atoms with Crippen molar-refractivity contribution in [2.45, 2.75) is 32.3 Å². The van der Waals surface area contributed by atoms with Crippen LogP contribution in [-0.2, 0) is 11.2 Å². The number of hydrogen-bond acceptors (Lipinski definition) is 6. The number of aromatic nitrogens is 2. The van der Waals surface area contributed by atoms with E-state index in [9.17, 15) is 0 Å². The summed E-state index contributed by atoms with van der Waals surface area (Å²) in [5, 5.41) is 0. The van der Waals surface area contributed by atoms with Crippen molar-refractivity contribution in [3.63, 3.8) is 0 Å². The van der Waals surface area contributed by atoms with Crippen molar-refractivity contribution in [1.29, 1.82) is 0 Å². The van der Waals surface area contributed by atoms with Crippen molar-refractivity contribution in [2.75, 3.05) is 50.0 Å². The van der Waals surface area contributed by atoms with Crippen LogP contribution in [0.3, 0.4) is 0 Å². The van der Waals surface area contributed by atoms with E-state index in [1.54, 1.807) is 0 Å². The minimum absolute atomic E-state index is 0.365. The lowest BCUT2D eigenvalue weighted by molar-refractivity contribution is 0.0712. The average molecular weight is 291 g/mol. The summed E-state index contributed by atoms with van der Waals surface area (Å²) in [5.41, 5.74) is 6.93. The number of piperazine rings is 1. The van der Waals surface area contributed by atoms with E-state index in [1.807, 2.05) is 6.20 Å². The third kappa shape index (κ3) is 3.44. The highest BCUT2D eigenvalue weighted by Gasteiger charge is 2.24. The molecule has 116 valence electrons. The summed E-state index contributed by atoms with van der Waals surface area (Å²) in [7, 11) is 0. The van der Waals surface area contributed by atoms with Crippen LogP contribution in [0.2, 0.25) is 0 Å². The second-order valence-corrected chi connectivity index (χ2v) is 5.85. The predicted molar refractivity (Wildman–Crippen MR) is 83.4 cm³/mol. The monoisotopic (exact) mass is 291 g/mol. The second-order valence-electron chi connectivity index (χ2n) is 5.85. The maximum Gasteiger partial charge on any atom is 0.221 e. The third-order valence-electron chi connectivity index (χ3n) is 4.40. The number of nitrogens with zero attached hydrogens (tertiary/aromatic N) is 4. The van der Waals surface area contributed by atoms with Gasteiger partial charge in [-0.15, -0.1) is 0 Å². The normalized spacial score (nSPS) is 23.7. The molecule has 2 saturated heterocycles. The first-order valence-corrected chi connectivity index (χ1v) is 7.96. The third-order valence-corrected chi connectivity index (χ3v) is 4.40. The van der Waals surface area contributed by atoms with E-state index < -0.39 is 0 Å². The first-order valence-electron chi connectivity index (χ1n) is 7.96. The Kier molecular flexibility index (Phi) is 4.55. The molecule has 6 heteroatoms. The first-order chi connectivity index (χ1) is 10.3. The Labute approximate surface area is 126 Å². The van der Waals surface area contributed by atoms with E-state index in [0.717, 1.165) is 51.6 Å². The topological polar surface area (TPSA) is 67.5 Å². The van der Waals surface area contributed by atoms with Crippen LogP contribution < -0.4 is 10.6 Å². The Bertz CT molecular complexity index is 467. The highest BCUT2D eigenvalue weighted by Crippen LogP contribution is 2.21. The van der Waals surface area contributed by atoms with Crippen molar-refractivity contribution >= 4 is 11.8 Å². The molecule has 2 fully saturated rings. The number of hydrogen-bond donors (Lipinski definition) is 1. The summed E-state index contributed by atoms with van der Waals surface area (Å²) in [4.78, 5) is 13.4. The molecule has 21 heavy (non-hydrogen) atoms. The van der Waals surface area contributed by atoms with Gasteiger partial charge in [-0.1, -0.05) is 6.92 Å². The molecule has 3 rings (SSSR count). The Balaban J connectivity index is 1.59. The molecule has 0 aromatic carbocycles. The Morgan fingerprint density at radius 2 is 2.14 bits per heavy atom. The quantitative estimate of drug-likeness (QED) is 0.890. The number of anilines is 2. The smallest absolute Gasteiger partial charge is 0.221 e. The molecule has 1 aromatic heterocycles. The molecule has 2 N–H and O–H groups in total. The van der Waals surface area contributed by atoms with E-state index >= 15 is 0 Å². The molecule has 0 bridgehead atoms. The zero-order chi connectivity index (χ0) is 14.7. The van der Waals surface area contributed by atoms with Gasteiger partial charge in [-0.3, -0.25) is 4.90 Å². The van der Waals surface area contributed by atoms with Gasteiger partial charge in [0.2, 0.25) is 5.95 Å². The van der Waals surface area contributed by atoms with Crippen LogP contribution in [0.25, 0.3) is 0 Å². The summed E-state index contributed by atoms with van der Waals surface area (Å²) in [6, 6.07) is 0. The molecule has 0 saturated carbocycles. The number of aryl methyl sites for hydroxylation is 1. The van der Waals surface area contributed by atoms with Crippen molar-refractivity contribution in [3.05, 3.63) is 11.8 Å². The molecule has 0 aliphatic carbocycles. The zero-order valence-corrected chi connectivity index (χ0v) is 12.8. The molecular weight excluding hydrogens is 266 g/mol. The van der Waals surface area contributed by atoms with Crippen LogP contribution in [0.15, 0.2) is 6.20 Å². The lowest BCUT2D eigenvalue weighted by atomic mass is 10.2. The summed E-state index contributed by atoms with van der Waals surface area (Å²) < 4.78 is 5.73. The molecule has 0 unspecified atom stereocenters. The van der Waals surface area contributed by atoms with Crippen LogP contribution in [0, 0.1) is 0 Å². The molecule has 2 aliphatic rings. The van der Waals surface area contributed by atoms with Gasteiger partial charge in [0.25, 0.3) is 0 Å². The fourth-order valence-corrected chi connectivity index (χ4v) is 3.15. The molecule has 0 amide bonds. The van der Waals surface area contributed by atoms with Crippen molar-refractivity contribution in [1.82, 2.24) is 14.9 Å². The first kappa shape index (κ1) is 14.5. The lowest BCUT2D eigenvalue weighted by Crippen LogP contribution is -2.49. The Morgan fingerprint density at radius 3 is 2.81 bits per heavy atom. The molecule has 1 aromatic rings. The second kappa shape index (κ2) is 6.58. The van der Waals surface area contributed by atoms with Gasteiger partial charge < -0.3 is 15.4 Å². The van der Waals surface area contributed by atoms with Gasteiger partial charge in [0.1, 0.15) is 5.82 Å². The highest BCUT2D eigenvalue weighted by molar-refractivity contribution is 5.49. The predicted octanol–water partition coefficient (Wildman–Crippen LogP) is 0.922. The summed E-state index contributed by atoms with van der Waals surface area (Å²) >= 11 is 0. The van der Waals surface area contributed by atoms with E-state index in [0.29, 0.717) is 12.1 Å². The van der Waals surface area contributed by atoms with Gasteiger partial charge in [-0.05, 0) is 19.3 Å². The minimum atomic E-state index is 0.365. The van der Waals surface area contributed by atoms with E-state index in [1.165, 1.54) is 18.4 Å². The van der Waals surface area contributed by atoms with Crippen LogP contribution in [0.5, 0.6) is 0 Å². The van der Waals surface area contributed by atoms with E-state index in [-0.39, 0.29) is 0 Å². The molecule has 2 aliphatic heterocycles. The fraction of sp³-hybridized carbons (Fsp3) is 0.733. The minimum Gasteiger partial charge on any atom is -0.377 e. The van der Waals surface area contributed by atoms with Crippen molar-refractivity contribution < 1.29 is 4.74 Å². The number of ether oxygens (including phenoxy) is 1. The fourth-order valence-electron chi connectivity index (χ4n) is 3.15. The molecule has 0 spiro atoms. The molecular formula is C15H25N5O. The van der Waals surface area contributed by atoms with Crippen molar-refractivity contribution in [2.24, 2.45) is 0 Å². The molecule has 1 atom stereocenters. The van der Waals surface area contributed by atoms with Gasteiger partial charge in [0.15, 0.2) is 0 Å². The van der Waals surface area contributed by atoms with Gasteiger partial charge >= 0.3 is 0 Å². The van der Waals surface area contributed by atoms with Crippen molar-refractivity contribution in [3.8, 4) is 0 Å². The van der Waals surface area contributed by atoms with Crippen LogP contribution in [-0.4, -0.2) is 60.3 Å². The van der Waals surface area contributed by atoms with Gasteiger partial charge in [0, 0.05) is 51.1 Å². The number of nitrogens with two attached hydrogens (primary N) is 1. The highest BCUT2D eigenvalue weighted by atomic mass is 16.5. The van der Waals surface area contributed by atoms with Gasteiger partial charge in [-0.25, -0.2) is 4.98 Å². The van der Waals surface area contributed by atoms with Crippen LogP contribution in [0.4, 0.5) is 11.8 Å². The maximum atomic E-state index is 5.75. The lowest BCUT2D eigenvalue weighted by Gasteiger charge is -2.37. The molecule has 0 radical (unpaired) electrons. The maximum absolute atomic E-state index is 5.75. The van der Waals surface area contributed by atoms with E-state index in [2.05, 4.69) is 26.7 Å². The van der Waals surface area contributed by atoms with Crippen LogP contribution in [0.1, 0.15) is 25.3 Å². The molecule has 6 nitrogen and oxygen atoms in total. The number of rotatable bonds is 4. The standard InChI is InChI=1S/C15H25N5O/c1-2-12-10-17-15(16)18-14(12)20-7-5-19(6-8-20)11-13-4-3-9-21-13/h10,13H,2-9,11H2,1H3,(H2,16,17,18)/t13-/m1/s1. The van der Waals surface area contributed by atoms with Gasteiger partial charge in [0.05, 0.1) is 6.10 Å².